The van der Waals surface area contributed by atoms with Gasteiger partial charge in [0.1, 0.15) is 11.0 Å². The zero-order chi connectivity index (χ0) is 4.99. The predicted molar refractivity (Wildman–Crippen MR) is 20.0 cm³/mol. The molecule has 0 spiro atoms. The van der Waals surface area contributed by atoms with E-state index in [4.69, 9.17) is 0 Å². The molecule has 0 atom stereocenters. The quantitative estimate of drug-likeness (QED) is 0.233. The second-order valence-electron chi connectivity index (χ2n) is 0.467. The molecule has 0 amide bonds. The molecule has 0 heterocycles. The van der Waals surface area contributed by atoms with Gasteiger partial charge in [0.15, 0.2) is 0 Å². The molecule has 0 saturated carbocycles. The summed E-state index contributed by atoms with van der Waals surface area (Å²) in [4.78, 5) is 0. The molecule has 0 fully saturated rings. The van der Waals surface area contributed by atoms with E-state index in [2.05, 4.69) is 10.8 Å². The van der Waals surface area contributed by atoms with E-state index in [1.807, 2.05) is 0 Å². The monoisotopic (exact) mass is 130 g/mol. The predicted octanol–water partition coefficient (Wildman–Crippen LogP) is -2.63. The van der Waals surface area contributed by atoms with Gasteiger partial charge in [-0.2, -0.15) is 0 Å². The molecule has 0 unspecified atom stereocenters. The topological polar surface area (TPSA) is 43.4 Å². The van der Waals surface area contributed by atoms with Crippen LogP contribution in [0.2, 0.25) is 0 Å². The summed E-state index contributed by atoms with van der Waals surface area (Å²) in [5, 5.41) is 0. The maximum absolute atomic E-state index is 9.31. The van der Waals surface area contributed by atoms with Crippen LogP contribution in [0.5, 0.6) is 0 Å². The van der Waals surface area contributed by atoms with Crippen LogP contribution in [-0.4, -0.2) is 0 Å². The van der Waals surface area contributed by atoms with Crippen molar-refractivity contribution in [2.45, 2.75) is 0 Å². The third-order valence-corrected chi connectivity index (χ3v) is 0.440. The fraction of sp³-hybridized carbons (Fsp3) is 0. The molecule has 0 aliphatic rings. The third-order valence-electron chi connectivity index (χ3n) is 0.147. The van der Waals surface area contributed by atoms with Crippen LogP contribution >= 0.6 is 0 Å². The summed E-state index contributed by atoms with van der Waals surface area (Å²) in [6, 6.07) is 0. The first kappa shape index (κ1) is 10.5. The molecule has 0 aromatic rings. The van der Waals surface area contributed by atoms with Crippen molar-refractivity contribution >= 4 is 11.0 Å². The molecule has 0 N–H and O–H groups in total. The zero-order valence-corrected chi connectivity index (χ0v) is 6.73. The van der Waals surface area contributed by atoms with Crippen LogP contribution < -0.4 is 29.6 Å². The Labute approximate surface area is 65.8 Å². The molecule has 7 heavy (non-hydrogen) atoms. The Hall–Kier alpha value is 0.490. The standard InChI is InChI=1S/C2H3O3S.Na/c1-2-5-6(3)4;/h2H,1H2;/q-1;+1. The molecule has 0 aliphatic carbocycles. The van der Waals surface area contributed by atoms with E-state index in [-0.39, 0.29) is 29.6 Å². The number of hydrogen-bond donors (Lipinski definition) is 0. The summed E-state index contributed by atoms with van der Waals surface area (Å²) in [6.45, 7) is 2.99. The third kappa shape index (κ3) is 10.7. The maximum Gasteiger partial charge on any atom is 1.00 e. The Morgan fingerprint density at radius 2 is 2.00 bits per heavy atom. The molecule has 0 bridgehead atoms. The Morgan fingerprint density at radius 3 is 2.00 bits per heavy atom. The molecular weight excluding hydrogens is 127 g/mol. The van der Waals surface area contributed by atoms with Gasteiger partial charge < -0.3 is 12.6 Å². The van der Waals surface area contributed by atoms with E-state index in [0.29, 0.717) is 0 Å². The van der Waals surface area contributed by atoms with Crippen molar-refractivity contribution in [3.63, 3.8) is 0 Å². The zero-order valence-electron chi connectivity index (χ0n) is 3.92. The molecule has 0 aromatic heterocycles. The first-order valence-electron chi connectivity index (χ1n) is 1.14. The molecule has 0 radical (unpaired) electrons. The molecular formula is C2H3NaO3S. The van der Waals surface area contributed by atoms with Crippen LogP contribution in [0.1, 0.15) is 0 Å². The van der Waals surface area contributed by atoms with Crippen LogP contribution in [-0.2, 0) is 23.6 Å². The van der Waals surface area contributed by atoms with Gasteiger partial charge >= 0.3 is 29.6 Å². The summed E-state index contributed by atoms with van der Waals surface area (Å²) in [7, 11) is -2.43. The second kappa shape index (κ2) is 6.49. The van der Waals surface area contributed by atoms with Gasteiger partial charge in [-0.1, -0.05) is 6.58 Å². The Kier molecular flexibility index (Phi) is 9.70. The van der Waals surface area contributed by atoms with Crippen molar-refractivity contribution in [1.82, 2.24) is 0 Å². The van der Waals surface area contributed by atoms with Crippen molar-refractivity contribution in [3.8, 4) is 0 Å². The minimum absolute atomic E-state index is 0. The van der Waals surface area contributed by atoms with Crippen LogP contribution in [0, 0.1) is 0 Å². The Morgan fingerprint density at radius 1 is 1.57 bits per heavy atom. The molecule has 5 heteroatoms. The van der Waals surface area contributed by atoms with Crippen LogP contribution in [0.3, 0.4) is 0 Å². The molecule has 0 aromatic carbocycles. The van der Waals surface area contributed by atoms with Crippen molar-refractivity contribution in [3.05, 3.63) is 12.8 Å². The SMILES string of the molecule is C=CO[S-](=O)=O.[Na+]. The first-order chi connectivity index (χ1) is 2.77. The largest absolute Gasteiger partial charge is 1.00 e. The summed E-state index contributed by atoms with van der Waals surface area (Å²) < 4.78 is 22.3. The molecule has 36 valence electrons. The van der Waals surface area contributed by atoms with Crippen LogP contribution in [0.15, 0.2) is 12.8 Å². The van der Waals surface area contributed by atoms with Gasteiger partial charge in [-0.25, -0.2) is 0 Å². The molecule has 0 aliphatic heterocycles. The Bertz CT molecular complexity index is 99.5. The van der Waals surface area contributed by atoms with Crippen molar-refractivity contribution < 1.29 is 42.2 Å². The van der Waals surface area contributed by atoms with Crippen molar-refractivity contribution in [2.24, 2.45) is 0 Å². The molecule has 0 saturated heterocycles. The maximum atomic E-state index is 9.31. The van der Waals surface area contributed by atoms with Crippen molar-refractivity contribution in [2.75, 3.05) is 0 Å². The van der Waals surface area contributed by atoms with Gasteiger partial charge in [-0.3, -0.25) is 0 Å². The fourth-order valence-electron chi connectivity index (χ4n) is 0.0556. The van der Waals surface area contributed by atoms with Gasteiger partial charge in [0.25, 0.3) is 0 Å². The minimum atomic E-state index is -2.43. The normalized spacial score (nSPS) is 7.00. The van der Waals surface area contributed by atoms with Gasteiger partial charge in [0.05, 0.1) is 6.26 Å². The van der Waals surface area contributed by atoms with E-state index in [1.165, 1.54) is 0 Å². The van der Waals surface area contributed by atoms with Gasteiger partial charge in [-0.15, -0.1) is 0 Å². The van der Waals surface area contributed by atoms with Gasteiger partial charge in [-0.05, 0) is 0 Å². The molecule has 0 rings (SSSR count). The number of hydrogen-bond acceptors (Lipinski definition) is 4. The summed E-state index contributed by atoms with van der Waals surface area (Å²) in [5.41, 5.74) is 0. The van der Waals surface area contributed by atoms with E-state index < -0.39 is 11.0 Å². The summed E-state index contributed by atoms with van der Waals surface area (Å²) >= 11 is 0. The van der Waals surface area contributed by atoms with Crippen LogP contribution in [0.25, 0.3) is 0 Å². The average molecular weight is 130 g/mol. The minimum Gasteiger partial charge on any atom is -0.539 e. The van der Waals surface area contributed by atoms with E-state index in [9.17, 15) is 8.42 Å². The fourth-order valence-corrected chi connectivity index (χ4v) is 0.167. The smallest absolute Gasteiger partial charge is 0.539 e. The number of rotatable bonds is 2. The average Bonchev–Trinajstić information content (AvgIpc) is 1.35. The van der Waals surface area contributed by atoms with Gasteiger partial charge in [0, 0.05) is 0 Å². The first-order valence-corrected chi connectivity index (χ1v) is 2.14. The van der Waals surface area contributed by atoms with Crippen LogP contribution in [0.4, 0.5) is 0 Å². The summed E-state index contributed by atoms with van der Waals surface area (Å²) in [6.07, 6.45) is 0.836. The van der Waals surface area contributed by atoms with E-state index in [1.54, 1.807) is 0 Å². The van der Waals surface area contributed by atoms with E-state index in [0.717, 1.165) is 6.26 Å². The van der Waals surface area contributed by atoms with E-state index >= 15 is 0 Å². The molecule has 3 nitrogen and oxygen atoms in total. The second-order valence-corrected chi connectivity index (χ2v) is 1.07. The Balaban J connectivity index is 0. The summed E-state index contributed by atoms with van der Waals surface area (Å²) in [5.74, 6) is 0. The van der Waals surface area contributed by atoms with Gasteiger partial charge in [0.2, 0.25) is 0 Å². The van der Waals surface area contributed by atoms with Crippen molar-refractivity contribution in [1.29, 1.82) is 0 Å².